The van der Waals surface area contributed by atoms with Gasteiger partial charge in [0.2, 0.25) is 5.91 Å². The molecule has 4 atom stereocenters. The van der Waals surface area contributed by atoms with Gasteiger partial charge in [0.1, 0.15) is 0 Å². The van der Waals surface area contributed by atoms with Crippen LogP contribution in [0.4, 0.5) is 0 Å². The summed E-state index contributed by atoms with van der Waals surface area (Å²) in [5.74, 6) is 0.343. The lowest BCUT2D eigenvalue weighted by Gasteiger charge is -2.38. The lowest BCUT2D eigenvalue weighted by Crippen LogP contribution is -2.50. The molecule has 0 radical (unpaired) electrons. The number of carbonyl (C=O) groups excluding carboxylic acids is 1. The van der Waals surface area contributed by atoms with Gasteiger partial charge in [-0.25, -0.2) is 0 Å². The molecule has 1 saturated carbocycles. The van der Waals surface area contributed by atoms with Crippen molar-refractivity contribution >= 4 is 11.5 Å². The first-order valence-electron chi connectivity index (χ1n) is 12.0. The van der Waals surface area contributed by atoms with E-state index in [9.17, 15) is 14.7 Å². The van der Waals surface area contributed by atoms with Gasteiger partial charge in [-0.1, -0.05) is 19.9 Å². The third-order valence-corrected chi connectivity index (χ3v) is 8.60. The highest BCUT2D eigenvalue weighted by Crippen LogP contribution is 2.58. The van der Waals surface area contributed by atoms with Gasteiger partial charge in [0, 0.05) is 42.3 Å². The third-order valence-electron chi connectivity index (χ3n) is 8.60. The van der Waals surface area contributed by atoms with Crippen molar-refractivity contribution in [3.8, 4) is 0 Å². The Bertz CT molecular complexity index is 979. The highest BCUT2D eigenvalue weighted by Gasteiger charge is 2.66. The van der Waals surface area contributed by atoms with Crippen LogP contribution in [0.2, 0.25) is 0 Å². The van der Waals surface area contributed by atoms with Crippen molar-refractivity contribution in [3.05, 3.63) is 39.8 Å². The highest BCUT2D eigenvalue weighted by molar-refractivity contribution is 5.83. The topological polar surface area (TPSA) is 83.4 Å². The van der Waals surface area contributed by atoms with E-state index in [0.29, 0.717) is 12.5 Å². The van der Waals surface area contributed by atoms with E-state index in [2.05, 4.69) is 36.6 Å². The number of amides is 1. The quantitative estimate of drug-likeness (QED) is 0.654. The molecule has 168 valence electrons. The largest absolute Gasteiger partial charge is 0.396 e. The molecule has 4 aliphatic rings. The Morgan fingerprint density at radius 3 is 2.77 bits per heavy atom. The standard InChI is InChI=1S/C25H35N3O3/c1-3-25-20-12-11-18(17-7-5-4-6-8-17)23(31)28(20)15-24(25,2)19(14-29)21(27-25)22(30)26-13-16-9-10-16/h7,11-12,16,19,21,27,29H,3-6,8-10,13-15H2,1-2H3,(H,26,30)/t19-,21+,24+,25+/m0/s1. The predicted molar refractivity (Wildman–Crippen MR) is 120 cm³/mol. The molecule has 6 nitrogen and oxygen atoms in total. The van der Waals surface area contributed by atoms with Crippen LogP contribution in [0.1, 0.15) is 70.1 Å². The average molecular weight is 426 g/mol. The second-order valence-corrected chi connectivity index (χ2v) is 10.3. The van der Waals surface area contributed by atoms with Crippen molar-refractivity contribution in [2.45, 2.75) is 76.9 Å². The van der Waals surface area contributed by atoms with Crippen LogP contribution in [0.25, 0.3) is 5.57 Å². The van der Waals surface area contributed by atoms with Gasteiger partial charge in [0.15, 0.2) is 0 Å². The maximum absolute atomic E-state index is 13.5. The smallest absolute Gasteiger partial charge is 0.258 e. The minimum absolute atomic E-state index is 0.0210. The van der Waals surface area contributed by atoms with Crippen LogP contribution in [0.5, 0.6) is 0 Å². The van der Waals surface area contributed by atoms with E-state index in [1.54, 1.807) is 0 Å². The number of nitrogens with zero attached hydrogens (tertiary/aromatic N) is 1. The van der Waals surface area contributed by atoms with Gasteiger partial charge >= 0.3 is 0 Å². The van der Waals surface area contributed by atoms with Gasteiger partial charge in [0.25, 0.3) is 5.56 Å². The van der Waals surface area contributed by atoms with Crippen LogP contribution in [0, 0.1) is 17.3 Å². The van der Waals surface area contributed by atoms with Gasteiger partial charge in [0.05, 0.1) is 11.6 Å². The Kier molecular flexibility index (Phi) is 5.13. The van der Waals surface area contributed by atoms with Gasteiger partial charge in [-0.3, -0.25) is 14.9 Å². The van der Waals surface area contributed by atoms with E-state index >= 15 is 0 Å². The van der Waals surface area contributed by atoms with Gasteiger partial charge < -0.3 is 15.0 Å². The monoisotopic (exact) mass is 425 g/mol. The molecule has 3 heterocycles. The van der Waals surface area contributed by atoms with E-state index in [1.165, 1.54) is 24.8 Å². The molecule has 6 heteroatoms. The first-order chi connectivity index (χ1) is 14.9. The zero-order chi connectivity index (χ0) is 21.8. The minimum atomic E-state index is -0.499. The van der Waals surface area contributed by atoms with E-state index in [1.807, 2.05) is 10.6 Å². The van der Waals surface area contributed by atoms with Crippen LogP contribution >= 0.6 is 0 Å². The normalized spacial score (nSPS) is 34.2. The van der Waals surface area contributed by atoms with Crippen molar-refractivity contribution in [1.29, 1.82) is 0 Å². The molecule has 0 spiro atoms. The SMILES string of the molecule is CC[C@]12N[C@@H](C(=O)NCC3CC3)[C@H](CO)[C@@]1(C)Cn1c2ccc(C2=CCCCC2)c1=O. The number of allylic oxidation sites excluding steroid dienone is 2. The maximum Gasteiger partial charge on any atom is 0.258 e. The maximum atomic E-state index is 13.5. The molecule has 1 amide bonds. The zero-order valence-electron chi connectivity index (χ0n) is 18.7. The molecular formula is C25H35N3O3. The van der Waals surface area contributed by atoms with Gasteiger partial charge in [-0.05, 0) is 68.6 Å². The lowest BCUT2D eigenvalue weighted by atomic mass is 9.65. The van der Waals surface area contributed by atoms with Crippen LogP contribution in [0.3, 0.4) is 0 Å². The number of hydrogen-bond acceptors (Lipinski definition) is 4. The summed E-state index contributed by atoms with van der Waals surface area (Å²) in [4.78, 5) is 26.6. The molecule has 1 aromatic rings. The summed E-state index contributed by atoms with van der Waals surface area (Å²) in [6.45, 7) is 5.43. The number of nitrogens with one attached hydrogen (secondary N) is 2. The number of aliphatic hydroxyl groups is 1. The number of hydrogen-bond donors (Lipinski definition) is 3. The first kappa shape index (κ1) is 21.0. The van der Waals surface area contributed by atoms with Crippen molar-refractivity contribution in [3.63, 3.8) is 0 Å². The zero-order valence-corrected chi connectivity index (χ0v) is 18.7. The third kappa shape index (κ3) is 3.05. The summed E-state index contributed by atoms with van der Waals surface area (Å²) in [7, 11) is 0. The summed E-state index contributed by atoms with van der Waals surface area (Å²) in [5, 5.41) is 17.1. The van der Waals surface area contributed by atoms with Crippen molar-refractivity contribution in [1.82, 2.24) is 15.2 Å². The number of pyridine rings is 1. The molecule has 0 bridgehead atoms. The fourth-order valence-electron chi connectivity index (χ4n) is 6.52. The molecular weight excluding hydrogens is 390 g/mol. The Morgan fingerprint density at radius 2 is 2.13 bits per heavy atom. The summed E-state index contributed by atoms with van der Waals surface area (Å²) in [5.41, 5.74) is 2.10. The van der Waals surface area contributed by atoms with E-state index in [-0.39, 0.29) is 24.0 Å². The summed E-state index contributed by atoms with van der Waals surface area (Å²) < 4.78 is 1.92. The van der Waals surface area contributed by atoms with E-state index in [0.717, 1.165) is 43.5 Å². The number of carbonyl (C=O) groups is 1. The van der Waals surface area contributed by atoms with Gasteiger partial charge in [-0.15, -0.1) is 0 Å². The van der Waals surface area contributed by atoms with Crippen LogP contribution in [-0.4, -0.2) is 34.8 Å². The molecule has 2 fully saturated rings. The van der Waals surface area contributed by atoms with E-state index < -0.39 is 17.0 Å². The molecule has 0 unspecified atom stereocenters. The molecule has 1 saturated heterocycles. The van der Waals surface area contributed by atoms with E-state index in [4.69, 9.17) is 0 Å². The Balaban J connectivity index is 1.52. The Labute approximate surface area is 184 Å². The Morgan fingerprint density at radius 1 is 1.32 bits per heavy atom. The average Bonchev–Trinajstić information content (AvgIpc) is 3.52. The summed E-state index contributed by atoms with van der Waals surface area (Å²) in [6, 6.07) is 3.63. The number of aliphatic hydroxyl groups excluding tert-OH is 1. The summed E-state index contributed by atoms with van der Waals surface area (Å²) >= 11 is 0. The molecule has 31 heavy (non-hydrogen) atoms. The van der Waals surface area contributed by atoms with Crippen LogP contribution in [0.15, 0.2) is 23.0 Å². The molecule has 1 aromatic heterocycles. The van der Waals surface area contributed by atoms with Crippen LogP contribution in [-0.2, 0) is 16.9 Å². The molecule has 5 rings (SSSR count). The lowest BCUT2D eigenvalue weighted by molar-refractivity contribution is -0.124. The minimum Gasteiger partial charge on any atom is -0.396 e. The Hall–Kier alpha value is -1.92. The molecule has 0 aromatic carbocycles. The number of rotatable bonds is 6. The summed E-state index contributed by atoms with van der Waals surface area (Å²) in [6.07, 6.45) is 9.68. The van der Waals surface area contributed by atoms with Crippen molar-refractivity contribution in [2.75, 3.05) is 13.2 Å². The van der Waals surface area contributed by atoms with Gasteiger partial charge in [-0.2, -0.15) is 0 Å². The van der Waals surface area contributed by atoms with Crippen molar-refractivity contribution in [2.24, 2.45) is 17.3 Å². The fraction of sp³-hybridized carbons (Fsp3) is 0.680. The number of fused-ring (bicyclic) bond motifs is 3. The second kappa shape index (κ2) is 7.59. The second-order valence-electron chi connectivity index (χ2n) is 10.3. The van der Waals surface area contributed by atoms with Crippen molar-refractivity contribution < 1.29 is 9.90 Å². The number of aromatic nitrogens is 1. The molecule has 3 N–H and O–H groups in total. The van der Waals surface area contributed by atoms with Crippen LogP contribution < -0.4 is 16.2 Å². The first-order valence-corrected chi connectivity index (χ1v) is 12.0. The molecule has 2 aliphatic carbocycles. The fourth-order valence-corrected chi connectivity index (χ4v) is 6.52. The highest BCUT2D eigenvalue weighted by atomic mass is 16.3. The molecule has 2 aliphatic heterocycles. The predicted octanol–water partition coefficient (Wildman–Crippen LogP) is 2.54.